The molecule has 1 aliphatic rings. The lowest BCUT2D eigenvalue weighted by atomic mass is 9.94. The molecule has 0 amide bonds. The summed E-state index contributed by atoms with van der Waals surface area (Å²) in [6, 6.07) is 8.01. The van der Waals surface area contributed by atoms with Crippen molar-refractivity contribution in [3.8, 4) is 0 Å². The zero-order valence-electron chi connectivity index (χ0n) is 14.6. The van der Waals surface area contributed by atoms with Crippen molar-refractivity contribution < 1.29 is 19.0 Å². The van der Waals surface area contributed by atoms with Crippen LogP contribution >= 0.6 is 15.9 Å². The van der Waals surface area contributed by atoms with Gasteiger partial charge in [-0.1, -0.05) is 53.2 Å². The molecule has 1 aromatic rings. The van der Waals surface area contributed by atoms with Gasteiger partial charge in [-0.3, -0.25) is 4.79 Å². The van der Waals surface area contributed by atoms with Gasteiger partial charge in [0, 0.05) is 24.1 Å². The minimum Gasteiger partial charge on any atom is -0.468 e. The first kappa shape index (κ1) is 19.2. The van der Waals surface area contributed by atoms with E-state index in [1.807, 2.05) is 43.3 Å². The van der Waals surface area contributed by atoms with Crippen LogP contribution in [0.15, 0.2) is 40.9 Å². The molecule has 0 saturated heterocycles. The van der Waals surface area contributed by atoms with Crippen LogP contribution in [0.1, 0.15) is 31.9 Å². The maximum Gasteiger partial charge on any atom is 0.318 e. The van der Waals surface area contributed by atoms with Gasteiger partial charge in [0.2, 0.25) is 0 Å². The summed E-state index contributed by atoms with van der Waals surface area (Å²) in [5, 5.41) is 0. The number of methoxy groups -OCH3 is 2. The number of rotatable bonds is 8. The SMILES string of the molecule is CCO[C@@H]1C[C@@]1(C=C[C@@H](C)[C@H](OC)c1ccccc1Br)C(=O)OC. The predicted octanol–water partition coefficient (Wildman–Crippen LogP) is 4.30. The number of carbonyl (C=O) groups is 1. The Morgan fingerprint density at radius 1 is 1.42 bits per heavy atom. The van der Waals surface area contributed by atoms with Crippen molar-refractivity contribution in [2.24, 2.45) is 11.3 Å². The fourth-order valence-electron chi connectivity index (χ4n) is 3.06. The average molecular weight is 397 g/mol. The molecule has 24 heavy (non-hydrogen) atoms. The van der Waals surface area contributed by atoms with Crippen molar-refractivity contribution in [3.63, 3.8) is 0 Å². The molecule has 0 heterocycles. The highest BCUT2D eigenvalue weighted by Gasteiger charge is 2.60. The van der Waals surface area contributed by atoms with E-state index in [4.69, 9.17) is 14.2 Å². The smallest absolute Gasteiger partial charge is 0.318 e. The topological polar surface area (TPSA) is 44.8 Å². The zero-order chi connectivity index (χ0) is 17.7. The number of halogens is 1. The Morgan fingerprint density at radius 3 is 2.71 bits per heavy atom. The van der Waals surface area contributed by atoms with E-state index in [9.17, 15) is 4.79 Å². The van der Waals surface area contributed by atoms with E-state index < -0.39 is 5.41 Å². The van der Waals surface area contributed by atoms with Crippen LogP contribution in [0.3, 0.4) is 0 Å². The third-order valence-electron chi connectivity index (χ3n) is 4.51. The summed E-state index contributed by atoms with van der Waals surface area (Å²) in [4.78, 5) is 12.2. The van der Waals surface area contributed by atoms with Crippen LogP contribution in [0.25, 0.3) is 0 Å². The van der Waals surface area contributed by atoms with Crippen molar-refractivity contribution in [2.75, 3.05) is 20.8 Å². The number of hydrogen-bond donors (Lipinski definition) is 0. The van der Waals surface area contributed by atoms with E-state index in [2.05, 4.69) is 22.9 Å². The molecule has 0 spiro atoms. The molecule has 0 aromatic heterocycles. The standard InChI is InChI=1S/C19H25BrO4/c1-5-24-16-12-19(16,18(21)23-4)11-10-13(2)17(22-3)14-8-6-7-9-15(14)20/h6-11,13,16-17H,5,12H2,1-4H3/t13-,16-,17+,19-/m1/s1. The van der Waals surface area contributed by atoms with E-state index in [1.54, 1.807) is 7.11 Å². The second-order valence-electron chi connectivity index (χ2n) is 6.08. The highest BCUT2D eigenvalue weighted by molar-refractivity contribution is 9.10. The number of carbonyl (C=O) groups excluding carboxylic acids is 1. The van der Waals surface area contributed by atoms with Gasteiger partial charge in [-0.25, -0.2) is 0 Å². The van der Waals surface area contributed by atoms with Crippen LogP contribution in [-0.4, -0.2) is 32.9 Å². The molecule has 1 aliphatic carbocycles. The van der Waals surface area contributed by atoms with Gasteiger partial charge in [0.1, 0.15) is 5.41 Å². The molecule has 4 nitrogen and oxygen atoms in total. The van der Waals surface area contributed by atoms with E-state index in [-0.39, 0.29) is 24.1 Å². The predicted molar refractivity (Wildman–Crippen MR) is 96.7 cm³/mol. The van der Waals surface area contributed by atoms with Crippen molar-refractivity contribution in [1.82, 2.24) is 0 Å². The number of esters is 1. The highest BCUT2D eigenvalue weighted by atomic mass is 79.9. The normalized spacial score (nSPS) is 25.5. The quantitative estimate of drug-likeness (QED) is 0.485. The fourth-order valence-corrected chi connectivity index (χ4v) is 3.57. The zero-order valence-corrected chi connectivity index (χ0v) is 16.2. The molecule has 1 fully saturated rings. The van der Waals surface area contributed by atoms with E-state index >= 15 is 0 Å². The van der Waals surface area contributed by atoms with Crippen LogP contribution < -0.4 is 0 Å². The Kier molecular flexibility index (Phi) is 6.61. The van der Waals surface area contributed by atoms with Crippen LogP contribution in [0.4, 0.5) is 0 Å². The second kappa shape index (κ2) is 8.28. The maximum absolute atomic E-state index is 12.2. The Hall–Kier alpha value is -1.17. The maximum atomic E-state index is 12.2. The van der Waals surface area contributed by atoms with Gasteiger partial charge >= 0.3 is 5.97 Å². The van der Waals surface area contributed by atoms with Crippen molar-refractivity contribution in [3.05, 3.63) is 46.5 Å². The van der Waals surface area contributed by atoms with E-state index in [1.165, 1.54) is 7.11 Å². The van der Waals surface area contributed by atoms with Gasteiger partial charge in [-0.05, 0) is 25.0 Å². The third-order valence-corrected chi connectivity index (χ3v) is 5.23. The van der Waals surface area contributed by atoms with Crippen LogP contribution in [0.5, 0.6) is 0 Å². The van der Waals surface area contributed by atoms with Crippen LogP contribution in [-0.2, 0) is 19.0 Å². The van der Waals surface area contributed by atoms with E-state index in [0.29, 0.717) is 13.0 Å². The molecule has 0 bridgehead atoms. The van der Waals surface area contributed by atoms with Gasteiger partial charge in [0.25, 0.3) is 0 Å². The molecule has 0 unspecified atom stereocenters. The molecule has 132 valence electrons. The monoisotopic (exact) mass is 396 g/mol. The molecule has 1 aromatic carbocycles. The van der Waals surface area contributed by atoms with Crippen molar-refractivity contribution in [2.45, 2.75) is 32.5 Å². The lowest BCUT2D eigenvalue weighted by Crippen LogP contribution is -2.21. The first-order valence-corrected chi connectivity index (χ1v) is 8.96. The number of benzene rings is 1. The minimum atomic E-state index is -0.648. The van der Waals surface area contributed by atoms with Gasteiger partial charge in [0.15, 0.2) is 0 Å². The summed E-state index contributed by atoms with van der Waals surface area (Å²) in [7, 11) is 3.12. The van der Waals surface area contributed by atoms with E-state index in [0.717, 1.165) is 10.0 Å². The lowest BCUT2D eigenvalue weighted by Gasteiger charge is -2.22. The first-order chi connectivity index (χ1) is 11.5. The minimum absolute atomic E-state index is 0.0946. The molecule has 0 aliphatic heterocycles. The summed E-state index contributed by atoms with van der Waals surface area (Å²) in [6.45, 7) is 4.60. The largest absolute Gasteiger partial charge is 0.468 e. The van der Waals surface area contributed by atoms with Crippen LogP contribution in [0, 0.1) is 11.3 Å². The second-order valence-corrected chi connectivity index (χ2v) is 6.93. The van der Waals surface area contributed by atoms with Crippen LogP contribution in [0.2, 0.25) is 0 Å². The summed E-state index contributed by atoms with van der Waals surface area (Å²) in [6.07, 6.45) is 4.44. The van der Waals surface area contributed by atoms with Crippen molar-refractivity contribution in [1.29, 1.82) is 0 Å². The molecule has 0 N–H and O–H groups in total. The third kappa shape index (κ3) is 3.90. The number of hydrogen-bond acceptors (Lipinski definition) is 4. The van der Waals surface area contributed by atoms with Gasteiger partial charge in [0.05, 0.1) is 19.3 Å². The first-order valence-electron chi connectivity index (χ1n) is 8.16. The van der Waals surface area contributed by atoms with Gasteiger partial charge < -0.3 is 14.2 Å². The van der Waals surface area contributed by atoms with Crippen molar-refractivity contribution >= 4 is 21.9 Å². The molecule has 1 saturated carbocycles. The molecule has 4 atom stereocenters. The highest BCUT2D eigenvalue weighted by Crippen LogP contribution is 2.51. The molecule has 0 radical (unpaired) electrons. The fraction of sp³-hybridized carbons (Fsp3) is 0.526. The molecular weight excluding hydrogens is 372 g/mol. The molecule has 5 heteroatoms. The Bertz CT molecular complexity index is 601. The number of ether oxygens (including phenoxy) is 3. The Labute approximate surface area is 152 Å². The van der Waals surface area contributed by atoms with Gasteiger partial charge in [-0.2, -0.15) is 0 Å². The Balaban J connectivity index is 2.17. The summed E-state index contributed by atoms with van der Waals surface area (Å²) >= 11 is 3.58. The molecule has 2 rings (SSSR count). The summed E-state index contributed by atoms with van der Waals surface area (Å²) in [5.74, 6) is -0.141. The summed E-state index contributed by atoms with van der Waals surface area (Å²) < 4.78 is 17.3. The lowest BCUT2D eigenvalue weighted by molar-refractivity contribution is -0.146. The summed E-state index contributed by atoms with van der Waals surface area (Å²) in [5.41, 5.74) is 0.437. The molecular formula is C19H25BrO4. The Morgan fingerprint density at radius 2 is 2.12 bits per heavy atom. The van der Waals surface area contributed by atoms with Gasteiger partial charge in [-0.15, -0.1) is 0 Å². The average Bonchev–Trinajstić information content (AvgIpc) is 3.29.